The average Bonchev–Trinajstić information content (AvgIpc) is 2.17. The number of likely N-dealkylation sites (N-methyl/N-ethyl adjacent to an activating group) is 1. The molecule has 0 aromatic heterocycles. The largest absolute Gasteiger partial charge is 0.316 e. The molecule has 0 spiro atoms. The first-order chi connectivity index (χ1) is 6.29. The molecule has 72 valence electrons. The maximum Gasteiger partial charge on any atom is 0.150 e. The Morgan fingerprint density at radius 2 is 2.23 bits per heavy atom. The van der Waals surface area contributed by atoms with Crippen LogP contribution in [0.4, 0.5) is 0 Å². The van der Waals surface area contributed by atoms with E-state index in [0.29, 0.717) is 5.57 Å². The third-order valence-corrected chi connectivity index (χ3v) is 1.73. The molecule has 0 radical (unpaired) electrons. The van der Waals surface area contributed by atoms with Gasteiger partial charge in [-0.1, -0.05) is 31.7 Å². The molecular weight excluding hydrogens is 162 g/mol. The van der Waals surface area contributed by atoms with Crippen LogP contribution >= 0.6 is 0 Å². The zero-order valence-electron chi connectivity index (χ0n) is 8.34. The number of aldehydes is 1. The summed E-state index contributed by atoms with van der Waals surface area (Å²) in [4.78, 5) is 10.7. The molecule has 0 aliphatic carbocycles. The summed E-state index contributed by atoms with van der Waals surface area (Å²) in [5, 5.41) is 3.01. The Balaban J connectivity index is 4.61. The molecule has 0 aliphatic rings. The van der Waals surface area contributed by atoms with Gasteiger partial charge in [0.1, 0.15) is 6.29 Å². The van der Waals surface area contributed by atoms with Gasteiger partial charge in [-0.25, -0.2) is 0 Å². The molecule has 0 aromatic rings. The van der Waals surface area contributed by atoms with Crippen molar-refractivity contribution in [1.82, 2.24) is 5.32 Å². The average molecular weight is 179 g/mol. The molecule has 2 heteroatoms. The lowest BCUT2D eigenvalue weighted by Crippen LogP contribution is -2.06. The van der Waals surface area contributed by atoms with Crippen LogP contribution in [0.3, 0.4) is 0 Å². The van der Waals surface area contributed by atoms with Crippen molar-refractivity contribution in [3.63, 3.8) is 0 Å². The molecule has 0 saturated carbocycles. The van der Waals surface area contributed by atoms with Gasteiger partial charge in [-0.3, -0.25) is 4.79 Å². The second-order valence-corrected chi connectivity index (χ2v) is 2.62. The first-order valence-corrected chi connectivity index (χ1v) is 4.42. The third-order valence-electron chi connectivity index (χ3n) is 1.73. The van der Waals surface area contributed by atoms with E-state index in [1.54, 1.807) is 12.2 Å². The van der Waals surface area contributed by atoms with Gasteiger partial charge in [0.2, 0.25) is 0 Å². The molecule has 0 unspecified atom stereocenters. The van der Waals surface area contributed by atoms with Gasteiger partial charge in [-0.2, -0.15) is 0 Å². The number of carbonyl (C=O) groups is 1. The zero-order chi connectivity index (χ0) is 10.1. The van der Waals surface area contributed by atoms with Crippen LogP contribution in [0.1, 0.15) is 13.3 Å². The number of hydrogen-bond donors (Lipinski definition) is 1. The highest BCUT2D eigenvalue weighted by Gasteiger charge is 1.99. The minimum absolute atomic E-state index is 0.716. The molecule has 2 nitrogen and oxygen atoms in total. The monoisotopic (exact) mass is 179 g/mol. The lowest BCUT2D eigenvalue weighted by Gasteiger charge is -2.02. The number of hydrogen-bond acceptors (Lipinski definition) is 2. The van der Waals surface area contributed by atoms with Crippen molar-refractivity contribution in [2.24, 2.45) is 0 Å². The Kier molecular flexibility index (Phi) is 6.83. The van der Waals surface area contributed by atoms with Crippen LogP contribution in [-0.4, -0.2) is 19.9 Å². The molecule has 0 aromatic carbocycles. The van der Waals surface area contributed by atoms with Crippen molar-refractivity contribution >= 4 is 6.29 Å². The van der Waals surface area contributed by atoms with E-state index in [2.05, 4.69) is 11.9 Å². The Morgan fingerprint density at radius 1 is 1.54 bits per heavy atom. The van der Waals surface area contributed by atoms with Gasteiger partial charge in [0, 0.05) is 12.1 Å². The number of allylic oxidation sites excluding steroid dienone is 4. The molecule has 0 amide bonds. The van der Waals surface area contributed by atoms with Crippen LogP contribution in [-0.2, 0) is 4.79 Å². The van der Waals surface area contributed by atoms with Gasteiger partial charge in [0.25, 0.3) is 0 Å². The highest BCUT2D eigenvalue weighted by Crippen LogP contribution is 2.11. The van der Waals surface area contributed by atoms with Crippen molar-refractivity contribution in [1.29, 1.82) is 0 Å². The maximum absolute atomic E-state index is 10.7. The minimum atomic E-state index is 0.716. The summed E-state index contributed by atoms with van der Waals surface area (Å²) in [7, 11) is 1.88. The van der Waals surface area contributed by atoms with Crippen molar-refractivity contribution in [2.45, 2.75) is 13.3 Å². The van der Waals surface area contributed by atoms with E-state index >= 15 is 0 Å². The standard InChI is InChI=1S/C11H17NO/c1-4-6-11(9-13)10(5-2)7-8-12-3/h4,6-7,9,12H,1,5,8H2,2-3H3/b10-7-,11-6-. The molecule has 1 N–H and O–H groups in total. The summed E-state index contributed by atoms with van der Waals surface area (Å²) in [6.07, 6.45) is 7.11. The lowest BCUT2D eigenvalue weighted by atomic mass is 10.0. The van der Waals surface area contributed by atoms with E-state index in [1.807, 2.05) is 20.0 Å². The van der Waals surface area contributed by atoms with Gasteiger partial charge in [-0.05, 0) is 19.0 Å². The van der Waals surface area contributed by atoms with Crippen LogP contribution in [0.25, 0.3) is 0 Å². The van der Waals surface area contributed by atoms with Crippen LogP contribution in [0.2, 0.25) is 0 Å². The molecule has 0 aliphatic heterocycles. The smallest absolute Gasteiger partial charge is 0.150 e. The first-order valence-electron chi connectivity index (χ1n) is 4.42. The van der Waals surface area contributed by atoms with Gasteiger partial charge < -0.3 is 5.32 Å². The fourth-order valence-electron chi connectivity index (χ4n) is 1.04. The van der Waals surface area contributed by atoms with Gasteiger partial charge >= 0.3 is 0 Å². The predicted molar refractivity (Wildman–Crippen MR) is 56.6 cm³/mol. The fourth-order valence-corrected chi connectivity index (χ4v) is 1.04. The quantitative estimate of drug-likeness (QED) is 0.383. The second kappa shape index (κ2) is 7.50. The topological polar surface area (TPSA) is 29.1 Å². The molecule has 0 heterocycles. The van der Waals surface area contributed by atoms with Crippen molar-refractivity contribution in [2.75, 3.05) is 13.6 Å². The Hall–Kier alpha value is -1.15. The SMILES string of the molecule is C=C/C=C(C=O)\C(=C/CNC)CC. The summed E-state index contributed by atoms with van der Waals surface area (Å²) >= 11 is 0. The molecule has 0 rings (SSSR count). The Morgan fingerprint density at radius 3 is 2.62 bits per heavy atom. The summed E-state index contributed by atoms with van der Waals surface area (Å²) in [5.74, 6) is 0. The van der Waals surface area contributed by atoms with Crippen molar-refractivity contribution in [3.05, 3.63) is 36.0 Å². The second-order valence-electron chi connectivity index (χ2n) is 2.62. The van der Waals surface area contributed by atoms with Gasteiger partial charge in [0.05, 0.1) is 0 Å². The normalized spacial score (nSPS) is 12.8. The molecule has 0 saturated heterocycles. The van der Waals surface area contributed by atoms with Gasteiger partial charge in [-0.15, -0.1) is 0 Å². The Bertz CT molecular complexity index is 226. The first kappa shape index (κ1) is 11.8. The molecule has 0 fully saturated rings. The number of rotatable bonds is 6. The van der Waals surface area contributed by atoms with E-state index in [-0.39, 0.29) is 0 Å². The molecule has 13 heavy (non-hydrogen) atoms. The van der Waals surface area contributed by atoms with E-state index in [4.69, 9.17) is 0 Å². The van der Waals surface area contributed by atoms with Crippen LogP contribution < -0.4 is 5.32 Å². The number of nitrogens with one attached hydrogen (secondary N) is 1. The summed E-state index contributed by atoms with van der Waals surface area (Å²) < 4.78 is 0. The number of carbonyl (C=O) groups excluding carboxylic acids is 1. The van der Waals surface area contributed by atoms with E-state index in [0.717, 1.165) is 24.8 Å². The third kappa shape index (κ3) is 4.43. The molecule has 0 atom stereocenters. The van der Waals surface area contributed by atoms with Crippen LogP contribution in [0, 0.1) is 0 Å². The minimum Gasteiger partial charge on any atom is -0.316 e. The zero-order valence-corrected chi connectivity index (χ0v) is 8.34. The Labute approximate surface area is 80.0 Å². The predicted octanol–water partition coefficient (Wildman–Crippen LogP) is 1.85. The van der Waals surface area contributed by atoms with Crippen LogP contribution in [0.5, 0.6) is 0 Å². The van der Waals surface area contributed by atoms with E-state index in [9.17, 15) is 4.79 Å². The maximum atomic E-state index is 10.7. The molecule has 0 bridgehead atoms. The summed E-state index contributed by atoms with van der Waals surface area (Å²) in [6, 6.07) is 0. The summed E-state index contributed by atoms with van der Waals surface area (Å²) in [5.41, 5.74) is 1.78. The van der Waals surface area contributed by atoms with Gasteiger partial charge in [0.15, 0.2) is 0 Å². The van der Waals surface area contributed by atoms with Crippen molar-refractivity contribution in [3.8, 4) is 0 Å². The van der Waals surface area contributed by atoms with Crippen LogP contribution in [0.15, 0.2) is 36.0 Å². The van der Waals surface area contributed by atoms with E-state index < -0.39 is 0 Å². The highest BCUT2D eigenvalue weighted by atomic mass is 16.1. The van der Waals surface area contributed by atoms with E-state index in [1.165, 1.54) is 0 Å². The highest BCUT2D eigenvalue weighted by molar-refractivity contribution is 5.80. The lowest BCUT2D eigenvalue weighted by molar-refractivity contribution is -0.104. The molecular formula is C11H17NO. The fraction of sp³-hybridized carbons (Fsp3) is 0.364. The van der Waals surface area contributed by atoms with Crippen molar-refractivity contribution < 1.29 is 4.79 Å². The summed E-state index contributed by atoms with van der Waals surface area (Å²) in [6.45, 7) is 6.38.